The lowest BCUT2D eigenvalue weighted by molar-refractivity contribution is 0.252. The van der Waals surface area contributed by atoms with Crippen LogP contribution in [0.25, 0.3) is 0 Å². The number of ether oxygens (including phenoxy) is 2. The average molecular weight is 301 g/mol. The minimum absolute atomic E-state index is 0.276. The standard InChI is InChI=1S/C16H19N3O3/c1-21-14-6-4-3-5-12(14)9-10-17-16(20)19-13-7-8-15(22-2)18-11-13/h3-8,11H,9-10H2,1-2H3,(H2,17,19,20). The lowest BCUT2D eigenvalue weighted by atomic mass is 10.1. The number of hydrogen-bond donors (Lipinski definition) is 2. The predicted octanol–water partition coefficient (Wildman–Crippen LogP) is 2.46. The van der Waals surface area contributed by atoms with Crippen molar-refractivity contribution in [3.63, 3.8) is 0 Å². The molecule has 0 aliphatic carbocycles. The van der Waals surface area contributed by atoms with Crippen LogP contribution in [0.1, 0.15) is 5.56 Å². The molecule has 2 amide bonds. The van der Waals surface area contributed by atoms with Crippen molar-refractivity contribution >= 4 is 11.7 Å². The van der Waals surface area contributed by atoms with Crippen molar-refractivity contribution < 1.29 is 14.3 Å². The molecule has 0 saturated heterocycles. The smallest absolute Gasteiger partial charge is 0.319 e. The highest BCUT2D eigenvalue weighted by Gasteiger charge is 2.04. The van der Waals surface area contributed by atoms with E-state index in [4.69, 9.17) is 9.47 Å². The SMILES string of the molecule is COc1ccc(NC(=O)NCCc2ccccc2OC)cn1. The fraction of sp³-hybridized carbons (Fsp3) is 0.250. The van der Waals surface area contributed by atoms with E-state index in [-0.39, 0.29) is 6.03 Å². The summed E-state index contributed by atoms with van der Waals surface area (Å²) in [5.74, 6) is 1.33. The van der Waals surface area contributed by atoms with Crippen LogP contribution in [0.4, 0.5) is 10.5 Å². The summed E-state index contributed by atoms with van der Waals surface area (Å²) >= 11 is 0. The van der Waals surface area contributed by atoms with E-state index >= 15 is 0 Å². The molecule has 0 saturated carbocycles. The van der Waals surface area contributed by atoms with Gasteiger partial charge in [-0.2, -0.15) is 0 Å². The summed E-state index contributed by atoms with van der Waals surface area (Å²) < 4.78 is 10.2. The number of para-hydroxylation sites is 1. The molecule has 22 heavy (non-hydrogen) atoms. The number of urea groups is 1. The van der Waals surface area contributed by atoms with E-state index < -0.39 is 0 Å². The molecule has 1 aromatic carbocycles. The summed E-state index contributed by atoms with van der Waals surface area (Å²) in [4.78, 5) is 15.8. The maximum atomic E-state index is 11.8. The van der Waals surface area contributed by atoms with Crippen LogP contribution in [-0.4, -0.2) is 31.8 Å². The molecule has 0 radical (unpaired) electrons. The molecule has 0 unspecified atom stereocenters. The molecule has 1 aromatic heterocycles. The van der Waals surface area contributed by atoms with Gasteiger partial charge in [-0.3, -0.25) is 0 Å². The first-order valence-electron chi connectivity index (χ1n) is 6.89. The molecule has 0 atom stereocenters. The second-order valence-electron chi connectivity index (χ2n) is 4.53. The Balaban J connectivity index is 1.80. The van der Waals surface area contributed by atoms with Crippen LogP contribution in [0.2, 0.25) is 0 Å². The lowest BCUT2D eigenvalue weighted by Gasteiger charge is -2.10. The quantitative estimate of drug-likeness (QED) is 0.859. The van der Waals surface area contributed by atoms with Gasteiger partial charge in [0, 0.05) is 12.6 Å². The third-order valence-corrected chi connectivity index (χ3v) is 3.08. The second-order valence-corrected chi connectivity index (χ2v) is 4.53. The van der Waals surface area contributed by atoms with E-state index in [0.29, 0.717) is 24.5 Å². The summed E-state index contributed by atoms with van der Waals surface area (Å²) in [5.41, 5.74) is 1.66. The number of nitrogens with zero attached hydrogens (tertiary/aromatic N) is 1. The third-order valence-electron chi connectivity index (χ3n) is 3.08. The Hall–Kier alpha value is -2.76. The van der Waals surface area contributed by atoms with Crippen LogP contribution in [0, 0.1) is 0 Å². The van der Waals surface area contributed by atoms with Crippen LogP contribution >= 0.6 is 0 Å². The monoisotopic (exact) mass is 301 g/mol. The summed E-state index contributed by atoms with van der Waals surface area (Å²) in [5, 5.41) is 5.50. The molecule has 6 nitrogen and oxygen atoms in total. The van der Waals surface area contributed by atoms with E-state index in [1.807, 2.05) is 24.3 Å². The molecular weight excluding hydrogens is 282 g/mol. The molecule has 0 fully saturated rings. The van der Waals surface area contributed by atoms with Gasteiger partial charge in [0.25, 0.3) is 0 Å². The Morgan fingerprint density at radius 2 is 1.95 bits per heavy atom. The Bertz CT molecular complexity index is 614. The van der Waals surface area contributed by atoms with Crippen molar-refractivity contribution in [3.05, 3.63) is 48.2 Å². The first-order chi connectivity index (χ1) is 10.7. The van der Waals surface area contributed by atoms with Gasteiger partial charge in [-0.15, -0.1) is 0 Å². The normalized spacial score (nSPS) is 9.91. The van der Waals surface area contributed by atoms with Crippen LogP contribution in [-0.2, 0) is 6.42 Å². The predicted molar refractivity (Wildman–Crippen MR) is 84.5 cm³/mol. The van der Waals surface area contributed by atoms with Gasteiger partial charge in [0.15, 0.2) is 0 Å². The molecule has 0 aliphatic heterocycles. The van der Waals surface area contributed by atoms with Crippen molar-refractivity contribution in [2.24, 2.45) is 0 Å². The van der Waals surface area contributed by atoms with E-state index in [1.54, 1.807) is 32.5 Å². The molecule has 0 aliphatic rings. The number of hydrogen-bond acceptors (Lipinski definition) is 4. The number of methoxy groups -OCH3 is 2. The van der Waals surface area contributed by atoms with Gasteiger partial charge in [0.2, 0.25) is 5.88 Å². The van der Waals surface area contributed by atoms with Gasteiger partial charge in [-0.05, 0) is 24.1 Å². The van der Waals surface area contributed by atoms with Crippen LogP contribution in [0.5, 0.6) is 11.6 Å². The van der Waals surface area contributed by atoms with E-state index in [2.05, 4.69) is 15.6 Å². The number of anilines is 1. The first kappa shape index (κ1) is 15.6. The number of benzene rings is 1. The minimum atomic E-state index is -0.276. The highest BCUT2D eigenvalue weighted by Crippen LogP contribution is 2.17. The molecule has 2 N–H and O–H groups in total. The first-order valence-corrected chi connectivity index (χ1v) is 6.89. The van der Waals surface area contributed by atoms with E-state index in [0.717, 1.165) is 11.3 Å². The zero-order chi connectivity index (χ0) is 15.8. The fourth-order valence-corrected chi connectivity index (χ4v) is 1.97. The number of carbonyl (C=O) groups is 1. The molecule has 2 aromatic rings. The number of pyridine rings is 1. The Labute approximate surface area is 129 Å². The number of amides is 2. The highest BCUT2D eigenvalue weighted by molar-refractivity contribution is 5.89. The molecular formula is C16H19N3O3. The van der Waals surface area contributed by atoms with Gasteiger partial charge in [0.05, 0.1) is 26.1 Å². The van der Waals surface area contributed by atoms with E-state index in [9.17, 15) is 4.79 Å². The topological polar surface area (TPSA) is 72.5 Å². The zero-order valence-corrected chi connectivity index (χ0v) is 12.6. The van der Waals surface area contributed by atoms with Crippen molar-refractivity contribution in [3.8, 4) is 11.6 Å². The van der Waals surface area contributed by atoms with Gasteiger partial charge >= 0.3 is 6.03 Å². The van der Waals surface area contributed by atoms with Crippen LogP contribution < -0.4 is 20.1 Å². The Morgan fingerprint density at radius 1 is 1.14 bits per heavy atom. The van der Waals surface area contributed by atoms with Gasteiger partial charge in [-0.25, -0.2) is 9.78 Å². The Kier molecular flexibility index (Phi) is 5.59. The number of rotatable bonds is 6. The Morgan fingerprint density at radius 3 is 2.64 bits per heavy atom. The summed E-state index contributed by atoms with van der Waals surface area (Å²) in [6, 6.07) is 10.9. The summed E-state index contributed by atoms with van der Waals surface area (Å²) in [6.45, 7) is 0.510. The number of carbonyl (C=O) groups excluding carboxylic acids is 1. The van der Waals surface area contributed by atoms with Crippen molar-refractivity contribution in [2.45, 2.75) is 6.42 Å². The minimum Gasteiger partial charge on any atom is -0.496 e. The lowest BCUT2D eigenvalue weighted by Crippen LogP contribution is -2.30. The van der Waals surface area contributed by atoms with Crippen molar-refractivity contribution in [1.29, 1.82) is 0 Å². The van der Waals surface area contributed by atoms with Gasteiger partial charge in [0.1, 0.15) is 5.75 Å². The molecule has 0 bridgehead atoms. The zero-order valence-electron chi connectivity index (χ0n) is 12.6. The molecule has 1 heterocycles. The maximum Gasteiger partial charge on any atom is 0.319 e. The molecule has 2 rings (SSSR count). The second kappa shape index (κ2) is 7.87. The molecule has 6 heteroatoms. The highest BCUT2D eigenvalue weighted by atomic mass is 16.5. The fourth-order valence-electron chi connectivity index (χ4n) is 1.97. The van der Waals surface area contributed by atoms with E-state index in [1.165, 1.54) is 0 Å². The van der Waals surface area contributed by atoms with Crippen molar-refractivity contribution in [2.75, 3.05) is 26.1 Å². The average Bonchev–Trinajstić information content (AvgIpc) is 2.56. The van der Waals surface area contributed by atoms with Crippen molar-refractivity contribution in [1.82, 2.24) is 10.3 Å². The van der Waals surface area contributed by atoms with Crippen LogP contribution in [0.3, 0.4) is 0 Å². The third kappa shape index (κ3) is 4.37. The maximum absolute atomic E-state index is 11.8. The summed E-state index contributed by atoms with van der Waals surface area (Å²) in [7, 11) is 3.18. The van der Waals surface area contributed by atoms with Crippen LogP contribution in [0.15, 0.2) is 42.6 Å². The van der Waals surface area contributed by atoms with Gasteiger partial charge in [-0.1, -0.05) is 18.2 Å². The largest absolute Gasteiger partial charge is 0.496 e. The number of nitrogens with one attached hydrogen (secondary N) is 2. The van der Waals surface area contributed by atoms with Gasteiger partial charge < -0.3 is 20.1 Å². The number of aromatic nitrogens is 1. The molecule has 116 valence electrons. The summed E-state index contributed by atoms with van der Waals surface area (Å²) in [6.07, 6.45) is 2.23. The molecule has 0 spiro atoms.